The molecule has 1 aliphatic heterocycles. The van der Waals surface area contributed by atoms with Crippen LogP contribution in [0.1, 0.15) is 46.0 Å². The molecule has 0 unspecified atom stereocenters. The predicted octanol–water partition coefficient (Wildman–Crippen LogP) is 1.20. The molecule has 0 aliphatic carbocycles. The second-order valence-electron chi connectivity index (χ2n) is 4.83. The molecule has 1 amide bonds. The number of rotatable bonds is 7. The number of esters is 1. The van der Waals surface area contributed by atoms with Gasteiger partial charge in [0.2, 0.25) is 5.91 Å². The first kappa shape index (κ1) is 14.7. The van der Waals surface area contributed by atoms with Crippen molar-refractivity contribution in [1.82, 2.24) is 5.32 Å². The SMILES string of the molecule is CCCCCC(=O)CC(=O)N[C@H]1C(=O)OC[C@@H]1C. The molecule has 0 bridgehead atoms. The Morgan fingerprint density at radius 2 is 2.11 bits per heavy atom. The Morgan fingerprint density at radius 1 is 1.39 bits per heavy atom. The summed E-state index contributed by atoms with van der Waals surface area (Å²) in [7, 11) is 0. The zero-order valence-corrected chi connectivity index (χ0v) is 11.0. The first-order valence-electron chi connectivity index (χ1n) is 6.52. The first-order valence-corrected chi connectivity index (χ1v) is 6.52. The smallest absolute Gasteiger partial charge is 0.329 e. The molecule has 0 saturated carbocycles. The van der Waals surface area contributed by atoms with Gasteiger partial charge in [-0.05, 0) is 6.42 Å². The van der Waals surface area contributed by atoms with Crippen molar-refractivity contribution in [2.45, 2.75) is 52.0 Å². The topological polar surface area (TPSA) is 72.5 Å². The van der Waals surface area contributed by atoms with E-state index in [1.54, 1.807) is 0 Å². The van der Waals surface area contributed by atoms with Gasteiger partial charge in [-0.15, -0.1) is 0 Å². The monoisotopic (exact) mass is 255 g/mol. The Balaban J connectivity index is 2.28. The molecule has 1 N–H and O–H groups in total. The van der Waals surface area contributed by atoms with Crippen molar-refractivity contribution in [3.63, 3.8) is 0 Å². The van der Waals surface area contributed by atoms with E-state index in [4.69, 9.17) is 4.74 Å². The summed E-state index contributed by atoms with van der Waals surface area (Å²) in [5.74, 6) is -0.891. The van der Waals surface area contributed by atoms with Crippen LogP contribution in [0.5, 0.6) is 0 Å². The van der Waals surface area contributed by atoms with E-state index in [0.717, 1.165) is 19.3 Å². The van der Waals surface area contributed by atoms with Gasteiger partial charge in [0.25, 0.3) is 0 Å². The summed E-state index contributed by atoms with van der Waals surface area (Å²) in [6.07, 6.45) is 3.17. The largest absolute Gasteiger partial charge is 0.464 e. The number of ether oxygens (including phenoxy) is 1. The zero-order valence-electron chi connectivity index (χ0n) is 11.0. The van der Waals surface area contributed by atoms with Gasteiger partial charge in [-0.2, -0.15) is 0 Å². The van der Waals surface area contributed by atoms with Crippen molar-refractivity contribution >= 4 is 17.7 Å². The molecule has 5 nitrogen and oxygen atoms in total. The Bertz CT molecular complexity index is 327. The standard InChI is InChI=1S/C13H21NO4/c1-3-4-5-6-10(15)7-11(16)14-12-9(2)8-18-13(12)17/h9,12H,3-8H2,1-2H3,(H,14,16)/t9-,12+/m0/s1. The molecular weight excluding hydrogens is 234 g/mol. The molecule has 2 atom stereocenters. The molecule has 1 heterocycles. The Kier molecular flexibility index (Phi) is 5.82. The highest BCUT2D eigenvalue weighted by Gasteiger charge is 2.35. The molecule has 1 rings (SSSR count). The summed E-state index contributed by atoms with van der Waals surface area (Å²) >= 11 is 0. The Morgan fingerprint density at radius 3 is 2.67 bits per heavy atom. The number of ketones is 1. The van der Waals surface area contributed by atoms with Gasteiger partial charge >= 0.3 is 5.97 Å². The van der Waals surface area contributed by atoms with Crippen LogP contribution in [0.2, 0.25) is 0 Å². The molecule has 5 heteroatoms. The van der Waals surface area contributed by atoms with Gasteiger partial charge in [0.15, 0.2) is 0 Å². The molecule has 0 radical (unpaired) electrons. The molecule has 18 heavy (non-hydrogen) atoms. The maximum Gasteiger partial charge on any atom is 0.329 e. The highest BCUT2D eigenvalue weighted by atomic mass is 16.5. The summed E-state index contributed by atoms with van der Waals surface area (Å²) in [6, 6.07) is -0.596. The van der Waals surface area contributed by atoms with Crippen LogP contribution in [0.4, 0.5) is 0 Å². The van der Waals surface area contributed by atoms with Crippen molar-refractivity contribution in [3.8, 4) is 0 Å². The lowest BCUT2D eigenvalue weighted by atomic mass is 10.1. The van der Waals surface area contributed by atoms with Gasteiger partial charge < -0.3 is 10.1 Å². The maximum atomic E-state index is 11.6. The molecule has 1 saturated heterocycles. The van der Waals surface area contributed by atoms with Gasteiger partial charge in [0, 0.05) is 12.3 Å². The van der Waals surface area contributed by atoms with Crippen LogP contribution in [0.15, 0.2) is 0 Å². The molecular formula is C13H21NO4. The fourth-order valence-electron chi connectivity index (χ4n) is 1.90. The average Bonchev–Trinajstić information content (AvgIpc) is 2.61. The van der Waals surface area contributed by atoms with Crippen molar-refractivity contribution in [2.75, 3.05) is 6.61 Å². The maximum absolute atomic E-state index is 11.6. The number of cyclic esters (lactones) is 1. The van der Waals surface area contributed by atoms with Crippen molar-refractivity contribution in [1.29, 1.82) is 0 Å². The molecule has 0 aromatic heterocycles. The fraction of sp³-hybridized carbons (Fsp3) is 0.769. The van der Waals surface area contributed by atoms with Gasteiger partial charge in [-0.25, -0.2) is 4.79 Å². The molecule has 1 aliphatic rings. The van der Waals surface area contributed by atoms with Gasteiger partial charge in [0.05, 0.1) is 13.0 Å². The minimum Gasteiger partial charge on any atom is -0.464 e. The highest BCUT2D eigenvalue weighted by Crippen LogP contribution is 2.14. The van der Waals surface area contributed by atoms with E-state index in [2.05, 4.69) is 12.2 Å². The van der Waals surface area contributed by atoms with Gasteiger partial charge in [0.1, 0.15) is 11.8 Å². The molecule has 0 aromatic carbocycles. The third kappa shape index (κ3) is 4.47. The van der Waals surface area contributed by atoms with Crippen LogP contribution in [0.25, 0.3) is 0 Å². The number of hydrogen-bond acceptors (Lipinski definition) is 4. The fourth-order valence-corrected chi connectivity index (χ4v) is 1.90. The summed E-state index contributed by atoms with van der Waals surface area (Å²) in [5.41, 5.74) is 0. The first-order chi connectivity index (χ1) is 8.54. The number of unbranched alkanes of at least 4 members (excludes halogenated alkanes) is 2. The minimum atomic E-state index is -0.596. The number of Topliss-reactive ketones (excluding diaryl/α,β-unsaturated/α-hetero) is 1. The van der Waals surface area contributed by atoms with E-state index in [9.17, 15) is 14.4 Å². The normalized spacial score (nSPS) is 22.7. The number of carbonyl (C=O) groups is 3. The van der Waals surface area contributed by atoms with Crippen LogP contribution in [-0.2, 0) is 19.1 Å². The summed E-state index contributed by atoms with van der Waals surface area (Å²) < 4.78 is 4.82. The molecule has 0 aromatic rings. The van der Waals surface area contributed by atoms with E-state index >= 15 is 0 Å². The average molecular weight is 255 g/mol. The third-order valence-corrected chi connectivity index (χ3v) is 3.04. The van der Waals surface area contributed by atoms with E-state index in [1.165, 1.54) is 0 Å². The van der Waals surface area contributed by atoms with E-state index in [0.29, 0.717) is 13.0 Å². The molecule has 1 fully saturated rings. The predicted molar refractivity (Wildman–Crippen MR) is 65.8 cm³/mol. The quantitative estimate of drug-likeness (QED) is 0.421. The summed E-state index contributed by atoms with van der Waals surface area (Å²) in [6.45, 7) is 4.22. The number of nitrogens with one attached hydrogen (secondary N) is 1. The third-order valence-electron chi connectivity index (χ3n) is 3.04. The lowest BCUT2D eigenvalue weighted by Crippen LogP contribution is -2.42. The lowest BCUT2D eigenvalue weighted by molar-refractivity contribution is -0.142. The van der Waals surface area contributed by atoms with Crippen LogP contribution in [0, 0.1) is 5.92 Å². The van der Waals surface area contributed by atoms with Crippen molar-refractivity contribution in [3.05, 3.63) is 0 Å². The van der Waals surface area contributed by atoms with Gasteiger partial charge in [-0.3, -0.25) is 9.59 Å². The van der Waals surface area contributed by atoms with E-state index < -0.39 is 12.0 Å². The number of carbonyl (C=O) groups excluding carboxylic acids is 3. The molecule has 102 valence electrons. The Labute approximate surface area is 107 Å². The van der Waals surface area contributed by atoms with Crippen LogP contribution < -0.4 is 5.32 Å². The Hall–Kier alpha value is -1.39. The minimum absolute atomic E-state index is 0.0309. The van der Waals surface area contributed by atoms with Gasteiger partial charge in [-0.1, -0.05) is 26.7 Å². The second-order valence-corrected chi connectivity index (χ2v) is 4.83. The van der Waals surface area contributed by atoms with Crippen LogP contribution in [0.3, 0.4) is 0 Å². The zero-order chi connectivity index (χ0) is 13.5. The second kappa shape index (κ2) is 7.13. The van der Waals surface area contributed by atoms with E-state index in [-0.39, 0.29) is 24.0 Å². The van der Waals surface area contributed by atoms with Crippen molar-refractivity contribution < 1.29 is 19.1 Å². The number of hydrogen-bond donors (Lipinski definition) is 1. The summed E-state index contributed by atoms with van der Waals surface area (Å²) in [5, 5.41) is 2.57. The number of amides is 1. The highest BCUT2D eigenvalue weighted by molar-refractivity contribution is 5.99. The lowest BCUT2D eigenvalue weighted by Gasteiger charge is -2.12. The van der Waals surface area contributed by atoms with Crippen molar-refractivity contribution in [2.24, 2.45) is 5.92 Å². The summed E-state index contributed by atoms with van der Waals surface area (Å²) in [4.78, 5) is 34.4. The van der Waals surface area contributed by atoms with Crippen LogP contribution >= 0.6 is 0 Å². The van der Waals surface area contributed by atoms with E-state index in [1.807, 2.05) is 6.92 Å². The molecule has 0 spiro atoms. The van der Waals surface area contributed by atoms with Crippen LogP contribution in [-0.4, -0.2) is 30.3 Å².